The van der Waals surface area contributed by atoms with E-state index in [1.54, 1.807) is 6.92 Å². The predicted molar refractivity (Wildman–Crippen MR) is 86.9 cm³/mol. The van der Waals surface area contributed by atoms with E-state index in [2.05, 4.69) is 5.32 Å². The van der Waals surface area contributed by atoms with Crippen LogP contribution in [0, 0.1) is 17.0 Å². The van der Waals surface area contributed by atoms with Gasteiger partial charge < -0.3 is 15.8 Å². The molecule has 0 bridgehead atoms. The van der Waals surface area contributed by atoms with Crippen LogP contribution in [0.3, 0.4) is 0 Å². The molecule has 24 heavy (non-hydrogen) atoms. The van der Waals surface area contributed by atoms with Crippen LogP contribution < -0.4 is 15.8 Å². The summed E-state index contributed by atoms with van der Waals surface area (Å²) in [5, 5.41) is 13.3. The molecule has 0 unspecified atom stereocenters. The van der Waals surface area contributed by atoms with Crippen molar-refractivity contribution in [3.63, 3.8) is 0 Å². The number of nitro groups is 1. The summed E-state index contributed by atoms with van der Waals surface area (Å²) in [5.41, 5.74) is 6.47. The summed E-state index contributed by atoms with van der Waals surface area (Å²) in [6.07, 6.45) is 0. The van der Waals surface area contributed by atoms with E-state index in [9.17, 15) is 19.7 Å². The van der Waals surface area contributed by atoms with Crippen molar-refractivity contribution in [1.82, 2.24) is 0 Å². The molecule has 0 heterocycles. The summed E-state index contributed by atoms with van der Waals surface area (Å²) >= 11 is 0. The van der Waals surface area contributed by atoms with Crippen LogP contribution in [0.15, 0.2) is 42.5 Å². The van der Waals surface area contributed by atoms with Crippen molar-refractivity contribution < 1.29 is 19.2 Å². The van der Waals surface area contributed by atoms with Gasteiger partial charge in [0.15, 0.2) is 6.61 Å². The zero-order valence-electron chi connectivity index (χ0n) is 12.8. The number of aryl methyl sites for hydroxylation is 1. The molecule has 124 valence electrons. The van der Waals surface area contributed by atoms with E-state index in [0.717, 1.165) is 0 Å². The number of rotatable bonds is 6. The van der Waals surface area contributed by atoms with Gasteiger partial charge >= 0.3 is 0 Å². The lowest BCUT2D eigenvalue weighted by Crippen LogP contribution is -2.20. The van der Waals surface area contributed by atoms with E-state index in [0.29, 0.717) is 22.6 Å². The molecule has 8 nitrogen and oxygen atoms in total. The molecule has 0 fully saturated rings. The first-order valence-corrected chi connectivity index (χ1v) is 6.94. The number of non-ortho nitro benzene ring substituents is 1. The van der Waals surface area contributed by atoms with Gasteiger partial charge in [-0.25, -0.2) is 0 Å². The minimum Gasteiger partial charge on any atom is -0.484 e. The van der Waals surface area contributed by atoms with Crippen LogP contribution in [0.25, 0.3) is 0 Å². The third-order valence-electron chi connectivity index (χ3n) is 3.20. The van der Waals surface area contributed by atoms with Gasteiger partial charge in [0.25, 0.3) is 11.6 Å². The molecule has 0 spiro atoms. The highest BCUT2D eigenvalue weighted by molar-refractivity contribution is 5.93. The van der Waals surface area contributed by atoms with E-state index in [4.69, 9.17) is 10.5 Å². The number of nitro benzene ring substituents is 1. The largest absolute Gasteiger partial charge is 0.484 e. The van der Waals surface area contributed by atoms with Crippen LogP contribution >= 0.6 is 0 Å². The zero-order valence-corrected chi connectivity index (χ0v) is 12.8. The Morgan fingerprint density at radius 3 is 2.42 bits per heavy atom. The topological polar surface area (TPSA) is 125 Å². The minimum absolute atomic E-state index is 0.0451. The highest BCUT2D eigenvalue weighted by Gasteiger charge is 2.11. The maximum Gasteiger partial charge on any atom is 0.269 e. The van der Waals surface area contributed by atoms with Gasteiger partial charge in [0.2, 0.25) is 5.91 Å². The molecular formula is C16H15N3O5. The van der Waals surface area contributed by atoms with Gasteiger partial charge in [0.1, 0.15) is 5.75 Å². The Bertz CT molecular complexity index is 787. The second-order valence-electron chi connectivity index (χ2n) is 4.98. The molecule has 2 aromatic rings. The van der Waals surface area contributed by atoms with Gasteiger partial charge in [0, 0.05) is 23.4 Å². The van der Waals surface area contributed by atoms with Crippen molar-refractivity contribution in [3.8, 4) is 5.75 Å². The molecule has 0 aliphatic rings. The Morgan fingerprint density at radius 2 is 1.88 bits per heavy atom. The number of carbonyl (C=O) groups excluding carboxylic acids is 2. The van der Waals surface area contributed by atoms with Gasteiger partial charge in [-0.3, -0.25) is 19.7 Å². The Balaban J connectivity index is 1.93. The van der Waals surface area contributed by atoms with E-state index in [-0.39, 0.29) is 12.3 Å². The predicted octanol–water partition coefficient (Wildman–Crippen LogP) is 2.02. The van der Waals surface area contributed by atoms with Crippen LogP contribution in [0.4, 0.5) is 11.4 Å². The number of nitrogens with two attached hydrogens (primary N) is 1. The van der Waals surface area contributed by atoms with E-state index >= 15 is 0 Å². The van der Waals surface area contributed by atoms with Crippen molar-refractivity contribution in [2.24, 2.45) is 5.73 Å². The van der Waals surface area contributed by atoms with Crippen LogP contribution in [0.1, 0.15) is 15.9 Å². The number of primary amides is 1. The molecule has 0 aliphatic carbocycles. The minimum atomic E-state index is -0.548. The normalized spacial score (nSPS) is 10.0. The molecule has 3 N–H and O–H groups in total. The second-order valence-corrected chi connectivity index (χ2v) is 4.98. The summed E-state index contributed by atoms with van der Waals surface area (Å²) in [6.45, 7) is 1.42. The summed E-state index contributed by atoms with van der Waals surface area (Å²) in [6, 6.07) is 10.2. The summed E-state index contributed by atoms with van der Waals surface area (Å²) in [7, 11) is 0. The molecule has 8 heteroatoms. The monoisotopic (exact) mass is 329 g/mol. The second kappa shape index (κ2) is 7.23. The fraction of sp³-hybridized carbons (Fsp3) is 0.125. The van der Waals surface area contributed by atoms with E-state index < -0.39 is 16.7 Å². The molecular weight excluding hydrogens is 314 g/mol. The molecule has 2 aromatic carbocycles. The smallest absolute Gasteiger partial charge is 0.269 e. The first-order valence-electron chi connectivity index (χ1n) is 6.94. The lowest BCUT2D eigenvalue weighted by Gasteiger charge is -2.09. The summed E-state index contributed by atoms with van der Waals surface area (Å²) in [5.74, 6) is -0.547. The van der Waals surface area contributed by atoms with Crippen molar-refractivity contribution in [2.75, 3.05) is 11.9 Å². The van der Waals surface area contributed by atoms with Crippen LogP contribution in [0.5, 0.6) is 5.75 Å². The molecule has 0 aromatic heterocycles. The number of anilines is 1. The maximum absolute atomic E-state index is 11.9. The highest BCUT2D eigenvalue weighted by atomic mass is 16.6. The summed E-state index contributed by atoms with van der Waals surface area (Å²) in [4.78, 5) is 33.0. The third-order valence-corrected chi connectivity index (χ3v) is 3.20. The first kappa shape index (κ1) is 16.9. The number of hydrogen-bond donors (Lipinski definition) is 2. The molecule has 0 aliphatic heterocycles. The van der Waals surface area contributed by atoms with Crippen molar-refractivity contribution in [2.45, 2.75) is 6.92 Å². The molecule has 0 saturated carbocycles. The maximum atomic E-state index is 11.9. The van der Waals surface area contributed by atoms with Crippen molar-refractivity contribution in [1.29, 1.82) is 0 Å². The molecule has 0 saturated heterocycles. The highest BCUT2D eigenvalue weighted by Crippen LogP contribution is 2.21. The van der Waals surface area contributed by atoms with E-state index in [1.807, 2.05) is 0 Å². The molecule has 2 rings (SSSR count). The Labute approximate surface area is 137 Å². The number of ether oxygens (including phenoxy) is 1. The standard InChI is InChI=1S/C16H15N3O5/c1-10-8-12(19(22)23)4-7-14(10)18-15(20)9-24-13-5-2-11(3-6-13)16(17)21/h2-8H,9H2,1H3,(H2,17,21)(H,18,20). The van der Waals surface area contributed by atoms with E-state index in [1.165, 1.54) is 42.5 Å². The summed E-state index contributed by atoms with van der Waals surface area (Å²) < 4.78 is 5.30. The number of hydrogen-bond acceptors (Lipinski definition) is 5. The van der Waals surface area contributed by atoms with Gasteiger partial charge in [-0.15, -0.1) is 0 Å². The Hall–Kier alpha value is -3.42. The molecule has 2 amide bonds. The number of nitrogens with zero attached hydrogens (tertiary/aromatic N) is 1. The van der Waals surface area contributed by atoms with Gasteiger partial charge in [-0.2, -0.15) is 0 Å². The SMILES string of the molecule is Cc1cc([N+](=O)[O-])ccc1NC(=O)COc1ccc(C(N)=O)cc1. The first-order chi connectivity index (χ1) is 11.4. The number of benzene rings is 2. The number of carbonyl (C=O) groups is 2. The molecule has 0 radical (unpaired) electrons. The Morgan fingerprint density at radius 1 is 1.21 bits per heavy atom. The van der Waals surface area contributed by atoms with Gasteiger partial charge in [-0.05, 0) is 42.8 Å². The van der Waals surface area contributed by atoms with Crippen molar-refractivity contribution in [3.05, 3.63) is 63.7 Å². The van der Waals surface area contributed by atoms with Gasteiger partial charge in [-0.1, -0.05) is 0 Å². The van der Waals surface area contributed by atoms with Crippen LogP contribution in [0.2, 0.25) is 0 Å². The van der Waals surface area contributed by atoms with Crippen LogP contribution in [-0.2, 0) is 4.79 Å². The van der Waals surface area contributed by atoms with Crippen molar-refractivity contribution >= 4 is 23.2 Å². The quantitative estimate of drug-likeness (QED) is 0.619. The van der Waals surface area contributed by atoms with Crippen LogP contribution in [-0.4, -0.2) is 23.3 Å². The molecule has 0 atom stereocenters. The van der Waals surface area contributed by atoms with Gasteiger partial charge in [0.05, 0.1) is 4.92 Å². The third kappa shape index (κ3) is 4.29. The average Bonchev–Trinajstić information content (AvgIpc) is 2.55. The number of amides is 2. The Kier molecular flexibility index (Phi) is 5.10. The lowest BCUT2D eigenvalue weighted by molar-refractivity contribution is -0.384. The number of nitrogens with one attached hydrogen (secondary N) is 1. The zero-order chi connectivity index (χ0) is 17.7. The lowest BCUT2D eigenvalue weighted by atomic mass is 10.2. The fourth-order valence-electron chi connectivity index (χ4n) is 1.95. The fourth-order valence-corrected chi connectivity index (χ4v) is 1.95. The average molecular weight is 329 g/mol.